The van der Waals surface area contributed by atoms with Gasteiger partial charge in [-0.1, -0.05) is 140 Å². The van der Waals surface area contributed by atoms with Gasteiger partial charge in [-0.3, -0.25) is 4.98 Å². The van der Waals surface area contributed by atoms with E-state index < -0.39 is 0 Å². The van der Waals surface area contributed by atoms with Crippen LogP contribution in [0.4, 0.5) is 0 Å². The number of hydrogen-bond acceptors (Lipinski definition) is 4. The molecule has 0 atom stereocenters. The van der Waals surface area contributed by atoms with E-state index in [0.29, 0.717) is 17.5 Å². The summed E-state index contributed by atoms with van der Waals surface area (Å²) in [7, 11) is 0. The number of benzene rings is 7. The molecule has 9 aromatic rings. The average molecular weight is 613 g/mol. The summed E-state index contributed by atoms with van der Waals surface area (Å²) in [4.78, 5) is 20.0. The van der Waals surface area contributed by atoms with Crippen LogP contribution in [0.1, 0.15) is 0 Å². The molecular formula is C44H28N4. The third kappa shape index (κ3) is 4.88. The molecule has 2 heterocycles. The second-order valence-electron chi connectivity index (χ2n) is 11.9. The van der Waals surface area contributed by atoms with Crippen molar-refractivity contribution >= 4 is 32.3 Å². The van der Waals surface area contributed by atoms with Crippen molar-refractivity contribution in [3.8, 4) is 56.4 Å². The van der Waals surface area contributed by atoms with Crippen molar-refractivity contribution in [2.75, 3.05) is 0 Å². The largest absolute Gasteiger partial charge is 0.264 e. The van der Waals surface area contributed by atoms with Crippen molar-refractivity contribution in [2.45, 2.75) is 0 Å². The smallest absolute Gasteiger partial charge is 0.164 e. The van der Waals surface area contributed by atoms with Gasteiger partial charge in [-0.15, -0.1) is 0 Å². The van der Waals surface area contributed by atoms with Crippen LogP contribution in [0.5, 0.6) is 0 Å². The molecule has 0 spiro atoms. The van der Waals surface area contributed by atoms with Crippen LogP contribution in [0.2, 0.25) is 0 Å². The lowest BCUT2D eigenvalue weighted by molar-refractivity contribution is 1.08. The molecular weight excluding hydrogens is 585 g/mol. The quantitative estimate of drug-likeness (QED) is 0.181. The van der Waals surface area contributed by atoms with Crippen LogP contribution in [0.15, 0.2) is 170 Å². The predicted molar refractivity (Wildman–Crippen MR) is 197 cm³/mol. The molecule has 9 rings (SSSR count). The van der Waals surface area contributed by atoms with Crippen molar-refractivity contribution in [2.24, 2.45) is 0 Å². The van der Waals surface area contributed by atoms with Gasteiger partial charge in [-0.05, 0) is 62.0 Å². The average Bonchev–Trinajstić information content (AvgIpc) is 3.18. The van der Waals surface area contributed by atoms with Crippen LogP contribution in [0, 0.1) is 0 Å². The first-order chi connectivity index (χ1) is 23.8. The third-order valence-corrected chi connectivity index (χ3v) is 9.00. The number of rotatable bonds is 5. The highest BCUT2D eigenvalue weighted by Crippen LogP contribution is 2.40. The molecule has 0 aliphatic carbocycles. The topological polar surface area (TPSA) is 51.6 Å². The van der Waals surface area contributed by atoms with E-state index in [1.807, 2.05) is 42.7 Å². The van der Waals surface area contributed by atoms with Crippen LogP contribution >= 0.6 is 0 Å². The second-order valence-corrected chi connectivity index (χ2v) is 11.9. The van der Waals surface area contributed by atoms with E-state index in [2.05, 4.69) is 132 Å². The van der Waals surface area contributed by atoms with E-state index in [4.69, 9.17) is 15.0 Å². The van der Waals surface area contributed by atoms with Crippen molar-refractivity contribution in [3.63, 3.8) is 0 Å². The monoisotopic (exact) mass is 612 g/mol. The molecule has 0 saturated heterocycles. The maximum Gasteiger partial charge on any atom is 0.164 e. The Morgan fingerprint density at radius 3 is 1.71 bits per heavy atom. The van der Waals surface area contributed by atoms with Gasteiger partial charge in [0, 0.05) is 39.9 Å². The Morgan fingerprint density at radius 2 is 0.958 bits per heavy atom. The van der Waals surface area contributed by atoms with Gasteiger partial charge in [0.15, 0.2) is 17.5 Å². The summed E-state index contributed by atoms with van der Waals surface area (Å²) < 4.78 is 0. The van der Waals surface area contributed by atoms with Gasteiger partial charge in [-0.2, -0.15) is 0 Å². The molecule has 0 aliphatic heterocycles. The van der Waals surface area contributed by atoms with Crippen molar-refractivity contribution in [3.05, 3.63) is 170 Å². The van der Waals surface area contributed by atoms with Crippen LogP contribution in [0.3, 0.4) is 0 Å². The van der Waals surface area contributed by atoms with E-state index in [-0.39, 0.29) is 0 Å². The van der Waals surface area contributed by atoms with Gasteiger partial charge < -0.3 is 0 Å². The van der Waals surface area contributed by atoms with Gasteiger partial charge in [0.2, 0.25) is 0 Å². The second kappa shape index (κ2) is 11.7. The molecule has 4 heteroatoms. The van der Waals surface area contributed by atoms with Crippen LogP contribution in [-0.2, 0) is 0 Å². The van der Waals surface area contributed by atoms with E-state index in [9.17, 15) is 0 Å². The Labute approximate surface area is 278 Å². The Bertz CT molecular complexity index is 2600. The lowest BCUT2D eigenvalue weighted by Gasteiger charge is -2.15. The Morgan fingerprint density at radius 1 is 0.333 bits per heavy atom. The SMILES string of the molecule is c1ccc(-c2nc(-c3ccc(-c4ccccc4)c(-c4ccccc4)c3)nc(-c3cc4cnccc4c4ccc5ccccc5c34)n2)cc1. The predicted octanol–water partition coefficient (Wildman–Crippen LogP) is 11.1. The number of aromatic nitrogens is 4. The van der Waals surface area contributed by atoms with Gasteiger partial charge in [0.25, 0.3) is 0 Å². The standard InChI is InChI=1S/C44H28N4/c1-4-12-29(13-5-1)35-22-21-33(26-39(35)30-14-6-2-7-15-30)43-46-42(32-17-8-3-9-18-32)47-44(48-43)40-27-34-28-45-25-24-36(34)38-23-20-31-16-10-11-19-37(31)41(38)40/h1-28H. The number of hydrogen-bond donors (Lipinski definition) is 0. The molecule has 0 amide bonds. The fourth-order valence-corrected chi connectivity index (χ4v) is 6.71. The summed E-state index contributed by atoms with van der Waals surface area (Å²) in [6, 6.07) is 54.9. The van der Waals surface area contributed by atoms with Gasteiger partial charge in [0.05, 0.1) is 0 Å². The highest BCUT2D eigenvalue weighted by molar-refractivity contribution is 6.22. The molecule has 0 saturated carbocycles. The minimum atomic E-state index is 0.621. The van der Waals surface area contributed by atoms with Gasteiger partial charge >= 0.3 is 0 Å². The van der Waals surface area contributed by atoms with Crippen molar-refractivity contribution in [1.82, 2.24) is 19.9 Å². The highest BCUT2D eigenvalue weighted by Gasteiger charge is 2.19. The summed E-state index contributed by atoms with van der Waals surface area (Å²) in [6.07, 6.45) is 3.77. The van der Waals surface area contributed by atoms with Crippen LogP contribution in [0.25, 0.3) is 88.7 Å². The number of fused-ring (bicyclic) bond motifs is 5. The summed E-state index contributed by atoms with van der Waals surface area (Å²) in [5.41, 5.74) is 7.38. The maximum atomic E-state index is 5.26. The van der Waals surface area contributed by atoms with E-state index in [1.54, 1.807) is 0 Å². The first-order valence-electron chi connectivity index (χ1n) is 16.1. The molecule has 0 bridgehead atoms. The molecule has 0 N–H and O–H groups in total. The molecule has 7 aromatic carbocycles. The molecule has 224 valence electrons. The zero-order valence-corrected chi connectivity index (χ0v) is 26.0. The van der Waals surface area contributed by atoms with Gasteiger partial charge in [-0.25, -0.2) is 15.0 Å². The Balaban J connectivity index is 1.34. The number of pyridine rings is 1. The molecule has 0 fully saturated rings. The first-order valence-corrected chi connectivity index (χ1v) is 16.1. The molecule has 0 radical (unpaired) electrons. The lowest BCUT2D eigenvalue weighted by Crippen LogP contribution is -2.01. The fourth-order valence-electron chi connectivity index (χ4n) is 6.71. The molecule has 48 heavy (non-hydrogen) atoms. The fraction of sp³-hybridized carbons (Fsp3) is 0. The molecule has 4 nitrogen and oxygen atoms in total. The minimum Gasteiger partial charge on any atom is -0.264 e. The number of nitrogens with zero attached hydrogens (tertiary/aromatic N) is 4. The zero-order valence-electron chi connectivity index (χ0n) is 26.0. The lowest BCUT2D eigenvalue weighted by atomic mass is 9.92. The van der Waals surface area contributed by atoms with Crippen molar-refractivity contribution in [1.29, 1.82) is 0 Å². The molecule has 2 aromatic heterocycles. The molecule has 0 aliphatic rings. The van der Waals surface area contributed by atoms with E-state index in [1.165, 1.54) is 5.39 Å². The Kier molecular flexibility index (Phi) is 6.76. The van der Waals surface area contributed by atoms with Gasteiger partial charge in [0.1, 0.15) is 0 Å². The van der Waals surface area contributed by atoms with E-state index >= 15 is 0 Å². The first kappa shape index (κ1) is 27.8. The summed E-state index contributed by atoms with van der Waals surface area (Å²) in [6.45, 7) is 0. The van der Waals surface area contributed by atoms with Crippen LogP contribution in [-0.4, -0.2) is 19.9 Å². The Hall–Kier alpha value is -6.52. The normalized spacial score (nSPS) is 11.3. The van der Waals surface area contributed by atoms with E-state index in [0.717, 1.165) is 65.9 Å². The molecule has 0 unspecified atom stereocenters. The minimum absolute atomic E-state index is 0.621. The third-order valence-electron chi connectivity index (χ3n) is 9.00. The van der Waals surface area contributed by atoms with Crippen molar-refractivity contribution < 1.29 is 0 Å². The summed E-state index contributed by atoms with van der Waals surface area (Å²) in [5.74, 6) is 1.87. The summed E-state index contributed by atoms with van der Waals surface area (Å²) >= 11 is 0. The van der Waals surface area contributed by atoms with Crippen LogP contribution < -0.4 is 0 Å². The highest BCUT2D eigenvalue weighted by atomic mass is 15.0. The zero-order chi connectivity index (χ0) is 31.9. The maximum absolute atomic E-state index is 5.26. The summed E-state index contributed by atoms with van der Waals surface area (Å²) in [5, 5.41) is 6.78.